The zero-order chi connectivity index (χ0) is 18.0. The minimum absolute atomic E-state index is 0.176. The molecule has 0 aliphatic heterocycles. The maximum Gasteiger partial charge on any atom is 0.330 e. The summed E-state index contributed by atoms with van der Waals surface area (Å²) in [5.74, 6) is -0.00926. The van der Waals surface area contributed by atoms with Crippen LogP contribution in [0.3, 0.4) is 0 Å². The van der Waals surface area contributed by atoms with Gasteiger partial charge in [-0.1, -0.05) is 20.4 Å². The van der Waals surface area contributed by atoms with E-state index in [1.54, 1.807) is 0 Å². The van der Waals surface area contributed by atoms with E-state index in [4.69, 9.17) is 25.5 Å². The molecule has 0 heterocycles. The van der Waals surface area contributed by atoms with Gasteiger partial charge in [0.15, 0.2) is 0 Å². The van der Waals surface area contributed by atoms with Crippen LogP contribution in [-0.2, 0) is 4.79 Å². The lowest BCUT2D eigenvalue weighted by molar-refractivity contribution is -0.132. The Morgan fingerprint density at radius 2 is 1.00 bits per heavy atom. The fourth-order valence-corrected chi connectivity index (χ4v) is 1.17. The first kappa shape index (κ1) is 26.0. The van der Waals surface area contributed by atoms with Gasteiger partial charge in [0.25, 0.3) is 0 Å². The molecule has 6 heteroatoms. The molecular weight excluding hydrogens is 288 g/mol. The monoisotopic (exact) mass is 322 g/mol. The fraction of sp³-hybridized carbons (Fsp3) is 0.812. The number of carboxylic acid groups (broad SMARTS) is 1. The first-order chi connectivity index (χ1) is 10.3. The first-order valence-corrected chi connectivity index (χ1v) is 7.58. The molecule has 0 spiro atoms. The summed E-state index contributed by atoms with van der Waals surface area (Å²) in [6.07, 6.45) is 3.22. The second-order valence-corrected chi connectivity index (χ2v) is 5.34. The minimum Gasteiger partial charge on any atom is -0.478 e. The molecule has 0 atom stereocenters. The largest absolute Gasteiger partial charge is 0.478 e. The molecule has 0 aliphatic rings. The van der Waals surface area contributed by atoms with Crippen molar-refractivity contribution < 1.29 is 30.3 Å². The van der Waals surface area contributed by atoms with E-state index in [0.717, 1.165) is 25.7 Å². The highest BCUT2D eigenvalue weighted by Crippen LogP contribution is 2.04. The van der Waals surface area contributed by atoms with E-state index in [2.05, 4.69) is 6.58 Å². The Kier molecular flexibility index (Phi) is 23.7. The van der Waals surface area contributed by atoms with Gasteiger partial charge in [-0.15, -0.1) is 0 Å². The van der Waals surface area contributed by atoms with Crippen LogP contribution in [0.4, 0.5) is 0 Å². The van der Waals surface area contributed by atoms with Crippen LogP contribution >= 0.6 is 0 Å². The third kappa shape index (κ3) is 27.4. The number of hydrogen-bond donors (Lipinski definition) is 5. The lowest BCUT2D eigenvalue weighted by Crippen LogP contribution is -1.99. The summed E-state index contributed by atoms with van der Waals surface area (Å²) in [4.78, 5) is 9.60. The smallest absolute Gasteiger partial charge is 0.330 e. The molecule has 0 saturated heterocycles. The van der Waals surface area contributed by atoms with Gasteiger partial charge in [-0.2, -0.15) is 0 Å². The Hall–Kier alpha value is -0.950. The highest BCUT2D eigenvalue weighted by Gasteiger charge is 1.98. The van der Waals surface area contributed by atoms with Gasteiger partial charge >= 0.3 is 5.97 Å². The standard InChI is InChI=1S/2C6H14O2.C4H6O2/c2*1-6(2-4-7)3-5-8;1-3(2)4(5)6/h2*6-8H,2-5H2,1H3;1H2,2H3,(H,5,6). The summed E-state index contributed by atoms with van der Waals surface area (Å²) >= 11 is 0. The van der Waals surface area contributed by atoms with Gasteiger partial charge in [-0.05, 0) is 44.4 Å². The number of carboxylic acids is 1. The van der Waals surface area contributed by atoms with Crippen molar-refractivity contribution in [2.45, 2.75) is 46.5 Å². The molecule has 6 nitrogen and oxygen atoms in total. The Morgan fingerprint density at radius 1 is 0.818 bits per heavy atom. The van der Waals surface area contributed by atoms with Crippen molar-refractivity contribution in [3.63, 3.8) is 0 Å². The second kappa shape index (κ2) is 20.1. The number of carbonyl (C=O) groups is 1. The van der Waals surface area contributed by atoms with E-state index < -0.39 is 5.97 Å². The van der Waals surface area contributed by atoms with Crippen LogP contribution in [0.2, 0.25) is 0 Å². The molecule has 0 bridgehead atoms. The average Bonchev–Trinajstić information content (AvgIpc) is 2.41. The highest BCUT2D eigenvalue weighted by atomic mass is 16.4. The zero-order valence-electron chi connectivity index (χ0n) is 14.2. The van der Waals surface area contributed by atoms with Crippen molar-refractivity contribution in [3.8, 4) is 0 Å². The van der Waals surface area contributed by atoms with Crippen LogP contribution in [0.1, 0.15) is 46.5 Å². The number of hydrogen-bond acceptors (Lipinski definition) is 5. The molecule has 0 aromatic heterocycles. The van der Waals surface area contributed by atoms with Crippen LogP contribution in [-0.4, -0.2) is 57.9 Å². The Labute approximate surface area is 134 Å². The molecule has 0 fully saturated rings. The van der Waals surface area contributed by atoms with E-state index in [0.29, 0.717) is 11.8 Å². The number of aliphatic hydroxyl groups excluding tert-OH is 4. The predicted octanol–water partition coefficient (Wildman–Crippen LogP) is 1.42. The van der Waals surface area contributed by atoms with Crippen molar-refractivity contribution in [2.24, 2.45) is 11.8 Å². The summed E-state index contributed by atoms with van der Waals surface area (Å²) in [6.45, 7) is 9.59. The number of rotatable bonds is 9. The van der Waals surface area contributed by atoms with Crippen molar-refractivity contribution in [3.05, 3.63) is 12.2 Å². The summed E-state index contributed by atoms with van der Waals surface area (Å²) in [7, 11) is 0. The molecule has 0 radical (unpaired) electrons. The Bertz CT molecular complexity index is 217. The van der Waals surface area contributed by atoms with Crippen molar-refractivity contribution in [1.82, 2.24) is 0 Å². The van der Waals surface area contributed by atoms with Gasteiger partial charge in [0, 0.05) is 32.0 Å². The number of aliphatic hydroxyl groups is 4. The van der Waals surface area contributed by atoms with E-state index in [-0.39, 0.29) is 32.0 Å². The molecule has 0 amide bonds. The Balaban J connectivity index is -0.000000249. The van der Waals surface area contributed by atoms with Crippen molar-refractivity contribution in [1.29, 1.82) is 0 Å². The van der Waals surface area contributed by atoms with Crippen molar-refractivity contribution >= 4 is 5.97 Å². The molecule has 22 heavy (non-hydrogen) atoms. The third-order valence-electron chi connectivity index (χ3n) is 2.85. The summed E-state index contributed by atoms with van der Waals surface area (Å²) in [5, 5.41) is 41.4. The Morgan fingerprint density at radius 3 is 1.09 bits per heavy atom. The molecule has 0 aliphatic carbocycles. The van der Waals surface area contributed by atoms with E-state index in [1.165, 1.54) is 6.92 Å². The highest BCUT2D eigenvalue weighted by molar-refractivity contribution is 5.84. The molecule has 0 saturated carbocycles. The van der Waals surface area contributed by atoms with Crippen LogP contribution in [0.15, 0.2) is 12.2 Å². The van der Waals surface area contributed by atoms with Gasteiger partial charge in [0.2, 0.25) is 0 Å². The quantitative estimate of drug-likeness (QED) is 0.410. The van der Waals surface area contributed by atoms with Crippen LogP contribution in [0.5, 0.6) is 0 Å². The van der Waals surface area contributed by atoms with E-state index in [1.807, 2.05) is 13.8 Å². The lowest BCUT2D eigenvalue weighted by atomic mass is 10.1. The van der Waals surface area contributed by atoms with Crippen molar-refractivity contribution in [2.75, 3.05) is 26.4 Å². The van der Waals surface area contributed by atoms with E-state index >= 15 is 0 Å². The first-order valence-electron chi connectivity index (χ1n) is 7.58. The van der Waals surface area contributed by atoms with Gasteiger partial charge in [0.05, 0.1) is 0 Å². The van der Waals surface area contributed by atoms with Crippen LogP contribution in [0, 0.1) is 11.8 Å². The van der Waals surface area contributed by atoms with Crippen LogP contribution < -0.4 is 0 Å². The molecule has 0 rings (SSSR count). The van der Waals surface area contributed by atoms with Gasteiger partial charge < -0.3 is 25.5 Å². The van der Waals surface area contributed by atoms with Gasteiger partial charge in [-0.3, -0.25) is 0 Å². The third-order valence-corrected chi connectivity index (χ3v) is 2.85. The summed E-state index contributed by atoms with van der Waals surface area (Å²) in [5.41, 5.74) is 0.176. The lowest BCUT2D eigenvalue weighted by Gasteiger charge is -2.04. The summed E-state index contributed by atoms with van der Waals surface area (Å²) in [6, 6.07) is 0. The normalized spacial score (nSPS) is 9.68. The molecule has 5 N–H and O–H groups in total. The second-order valence-electron chi connectivity index (χ2n) is 5.34. The minimum atomic E-state index is -0.935. The van der Waals surface area contributed by atoms with Gasteiger partial charge in [0.1, 0.15) is 0 Å². The maximum absolute atomic E-state index is 9.60. The molecule has 0 aromatic carbocycles. The van der Waals surface area contributed by atoms with Gasteiger partial charge in [-0.25, -0.2) is 4.79 Å². The molecule has 0 aromatic rings. The molecule has 0 unspecified atom stereocenters. The fourth-order valence-electron chi connectivity index (χ4n) is 1.17. The SMILES string of the molecule is C=C(C)C(=O)O.CC(CCO)CCO.CC(CCO)CCO. The predicted molar refractivity (Wildman–Crippen MR) is 87.6 cm³/mol. The number of aliphatic carboxylic acids is 1. The summed E-state index contributed by atoms with van der Waals surface area (Å²) < 4.78 is 0. The van der Waals surface area contributed by atoms with Crippen LogP contribution in [0.25, 0.3) is 0 Å². The zero-order valence-corrected chi connectivity index (χ0v) is 14.2. The topological polar surface area (TPSA) is 118 Å². The molecular formula is C16H34O6. The van der Waals surface area contributed by atoms with E-state index in [9.17, 15) is 4.79 Å². The average molecular weight is 322 g/mol. The maximum atomic E-state index is 9.60. The molecule has 134 valence electrons.